The van der Waals surface area contributed by atoms with Crippen LogP contribution in [0.4, 0.5) is 4.79 Å². The molecular formula is C13H25NO5. The minimum atomic E-state index is -1.80. The van der Waals surface area contributed by atoms with Gasteiger partial charge >= 0.3 is 12.1 Å². The van der Waals surface area contributed by atoms with Crippen LogP contribution < -0.4 is 5.32 Å². The molecule has 112 valence electrons. The quantitative estimate of drug-likeness (QED) is 0.764. The van der Waals surface area contributed by atoms with Crippen LogP contribution in [0, 0.1) is 0 Å². The fraction of sp³-hybridized carbons (Fsp3) is 0.846. The Kier molecular flexibility index (Phi) is 5.38. The fourth-order valence-corrected chi connectivity index (χ4v) is 1.02. The van der Waals surface area contributed by atoms with E-state index in [0.29, 0.717) is 0 Å². The number of alkyl carbamates (subject to hydrolysis) is 1. The van der Waals surface area contributed by atoms with Crippen LogP contribution in [0.15, 0.2) is 0 Å². The Labute approximate surface area is 114 Å². The number of nitrogens with one attached hydrogen (secondary N) is 1. The molecule has 0 aliphatic rings. The fourth-order valence-electron chi connectivity index (χ4n) is 1.02. The van der Waals surface area contributed by atoms with Crippen molar-refractivity contribution in [1.82, 2.24) is 5.32 Å². The number of aliphatic hydroxyl groups is 1. The van der Waals surface area contributed by atoms with Crippen molar-refractivity contribution >= 4 is 12.1 Å². The summed E-state index contributed by atoms with van der Waals surface area (Å²) in [6.45, 7) is 11.2. The molecule has 0 bridgehead atoms. The summed E-state index contributed by atoms with van der Waals surface area (Å²) in [5, 5.41) is 12.3. The average molecular weight is 275 g/mol. The van der Waals surface area contributed by atoms with Gasteiger partial charge in [0, 0.05) is 0 Å². The van der Waals surface area contributed by atoms with E-state index in [4.69, 9.17) is 9.47 Å². The first-order chi connectivity index (χ1) is 8.23. The SMILES string of the molecule is CC(C)(C)OC(=O)NCC(C)(O)C(=O)OC(C)(C)C. The molecule has 0 aromatic carbocycles. The molecular weight excluding hydrogens is 250 g/mol. The molecule has 0 aliphatic carbocycles. The maximum absolute atomic E-state index is 11.7. The molecule has 19 heavy (non-hydrogen) atoms. The van der Waals surface area contributed by atoms with E-state index in [1.54, 1.807) is 41.5 Å². The number of esters is 1. The Morgan fingerprint density at radius 3 is 1.74 bits per heavy atom. The number of rotatable bonds is 3. The minimum Gasteiger partial charge on any atom is -0.458 e. The molecule has 0 fully saturated rings. The molecule has 0 aromatic heterocycles. The van der Waals surface area contributed by atoms with Crippen LogP contribution in [0.1, 0.15) is 48.5 Å². The van der Waals surface area contributed by atoms with Crippen molar-refractivity contribution in [2.45, 2.75) is 65.3 Å². The molecule has 0 aromatic rings. The predicted octanol–water partition coefficient (Wildman–Crippen LogP) is 1.60. The summed E-state index contributed by atoms with van der Waals surface area (Å²) in [7, 11) is 0. The number of hydrogen-bond donors (Lipinski definition) is 2. The highest BCUT2D eigenvalue weighted by Crippen LogP contribution is 2.14. The zero-order valence-electron chi connectivity index (χ0n) is 12.8. The van der Waals surface area contributed by atoms with Crippen molar-refractivity contribution in [3.63, 3.8) is 0 Å². The molecule has 0 aliphatic heterocycles. The second-order valence-electron chi connectivity index (χ2n) is 6.63. The minimum absolute atomic E-state index is 0.281. The largest absolute Gasteiger partial charge is 0.458 e. The molecule has 0 radical (unpaired) electrons. The van der Waals surface area contributed by atoms with E-state index in [1.165, 1.54) is 6.92 Å². The van der Waals surface area contributed by atoms with E-state index in [1.807, 2.05) is 0 Å². The highest BCUT2D eigenvalue weighted by Gasteiger charge is 2.35. The van der Waals surface area contributed by atoms with Crippen molar-refractivity contribution < 1.29 is 24.2 Å². The van der Waals surface area contributed by atoms with Crippen molar-refractivity contribution in [1.29, 1.82) is 0 Å². The van der Waals surface area contributed by atoms with Crippen LogP contribution in [-0.2, 0) is 14.3 Å². The Morgan fingerprint density at radius 2 is 1.37 bits per heavy atom. The Balaban J connectivity index is 4.38. The second-order valence-corrected chi connectivity index (χ2v) is 6.63. The van der Waals surface area contributed by atoms with E-state index in [2.05, 4.69) is 5.32 Å². The molecule has 1 amide bonds. The smallest absolute Gasteiger partial charge is 0.407 e. The van der Waals surface area contributed by atoms with Gasteiger partial charge in [0.25, 0.3) is 0 Å². The molecule has 6 heteroatoms. The van der Waals surface area contributed by atoms with Gasteiger partial charge in [-0.25, -0.2) is 9.59 Å². The first kappa shape index (κ1) is 17.7. The highest BCUT2D eigenvalue weighted by atomic mass is 16.6. The number of hydrogen-bond acceptors (Lipinski definition) is 5. The Hall–Kier alpha value is -1.30. The normalized spacial score (nSPS) is 15.4. The number of carbonyl (C=O) groups excluding carboxylic acids is 2. The maximum Gasteiger partial charge on any atom is 0.407 e. The van der Waals surface area contributed by atoms with E-state index < -0.39 is 28.9 Å². The lowest BCUT2D eigenvalue weighted by Gasteiger charge is -2.28. The molecule has 6 nitrogen and oxygen atoms in total. The van der Waals surface area contributed by atoms with Crippen molar-refractivity contribution in [2.24, 2.45) is 0 Å². The molecule has 1 atom stereocenters. The second kappa shape index (κ2) is 5.77. The summed E-state index contributed by atoms with van der Waals surface area (Å²) >= 11 is 0. The topological polar surface area (TPSA) is 84.9 Å². The van der Waals surface area contributed by atoms with Crippen LogP contribution in [0.3, 0.4) is 0 Å². The molecule has 2 N–H and O–H groups in total. The van der Waals surface area contributed by atoms with Gasteiger partial charge in [-0.2, -0.15) is 0 Å². The molecule has 1 unspecified atom stereocenters. The van der Waals surface area contributed by atoms with Gasteiger partial charge in [0.2, 0.25) is 0 Å². The van der Waals surface area contributed by atoms with Gasteiger partial charge in [0.1, 0.15) is 11.2 Å². The van der Waals surface area contributed by atoms with Crippen LogP contribution in [0.2, 0.25) is 0 Å². The lowest BCUT2D eigenvalue weighted by molar-refractivity contribution is -0.174. The standard InChI is InChI=1S/C13H25NO5/c1-11(2,3)18-9(15)13(7,17)8-14-10(16)19-12(4,5)6/h17H,8H2,1-7H3,(H,14,16). The van der Waals surface area contributed by atoms with Crippen molar-refractivity contribution in [3.05, 3.63) is 0 Å². The van der Waals surface area contributed by atoms with Crippen LogP contribution in [-0.4, -0.2) is 40.5 Å². The summed E-state index contributed by atoms with van der Waals surface area (Å²) < 4.78 is 10.1. The van der Waals surface area contributed by atoms with Gasteiger partial charge in [-0.1, -0.05) is 0 Å². The lowest BCUT2D eigenvalue weighted by atomic mass is 10.1. The summed E-state index contributed by atoms with van der Waals surface area (Å²) in [5.41, 5.74) is -3.14. The summed E-state index contributed by atoms with van der Waals surface area (Å²) in [6, 6.07) is 0. The summed E-state index contributed by atoms with van der Waals surface area (Å²) in [6.07, 6.45) is -0.698. The molecule has 0 heterocycles. The van der Waals surface area contributed by atoms with Gasteiger partial charge in [-0.3, -0.25) is 0 Å². The van der Waals surface area contributed by atoms with E-state index >= 15 is 0 Å². The summed E-state index contributed by atoms with van der Waals surface area (Å²) in [4.78, 5) is 23.1. The van der Waals surface area contributed by atoms with E-state index in [9.17, 15) is 14.7 Å². The van der Waals surface area contributed by atoms with Gasteiger partial charge in [0.05, 0.1) is 6.54 Å². The third-order valence-corrected chi connectivity index (χ3v) is 1.81. The van der Waals surface area contributed by atoms with E-state index in [-0.39, 0.29) is 6.54 Å². The first-order valence-electron chi connectivity index (χ1n) is 6.16. The average Bonchev–Trinajstić information content (AvgIpc) is 2.09. The number of carbonyl (C=O) groups is 2. The Morgan fingerprint density at radius 1 is 0.947 bits per heavy atom. The summed E-state index contributed by atoms with van der Waals surface area (Å²) in [5.74, 6) is -0.795. The first-order valence-corrected chi connectivity index (χ1v) is 6.16. The van der Waals surface area contributed by atoms with Gasteiger partial charge in [0.15, 0.2) is 5.60 Å². The molecule has 0 saturated carbocycles. The van der Waals surface area contributed by atoms with Crippen LogP contribution in [0.5, 0.6) is 0 Å². The zero-order chi connectivity index (χ0) is 15.5. The third kappa shape index (κ3) is 8.42. The highest BCUT2D eigenvalue weighted by molar-refractivity contribution is 5.80. The maximum atomic E-state index is 11.7. The zero-order valence-corrected chi connectivity index (χ0v) is 12.8. The van der Waals surface area contributed by atoms with Gasteiger partial charge in [-0.15, -0.1) is 0 Å². The molecule has 0 saturated heterocycles. The van der Waals surface area contributed by atoms with Gasteiger partial charge < -0.3 is 19.9 Å². The van der Waals surface area contributed by atoms with Gasteiger partial charge in [-0.05, 0) is 48.5 Å². The molecule has 0 spiro atoms. The number of amides is 1. The number of ether oxygens (including phenoxy) is 2. The lowest BCUT2D eigenvalue weighted by Crippen LogP contribution is -2.50. The van der Waals surface area contributed by atoms with Crippen LogP contribution >= 0.6 is 0 Å². The third-order valence-electron chi connectivity index (χ3n) is 1.81. The predicted molar refractivity (Wildman–Crippen MR) is 70.7 cm³/mol. The van der Waals surface area contributed by atoms with Crippen molar-refractivity contribution in [3.8, 4) is 0 Å². The van der Waals surface area contributed by atoms with Crippen molar-refractivity contribution in [2.75, 3.05) is 6.54 Å². The molecule has 0 rings (SSSR count). The van der Waals surface area contributed by atoms with E-state index in [0.717, 1.165) is 0 Å². The van der Waals surface area contributed by atoms with Crippen LogP contribution in [0.25, 0.3) is 0 Å². The monoisotopic (exact) mass is 275 g/mol. The Bertz CT molecular complexity index is 336.